The molecule has 0 aliphatic heterocycles. The predicted molar refractivity (Wildman–Crippen MR) is 59.5 cm³/mol. The summed E-state index contributed by atoms with van der Waals surface area (Å²) in [5.74, 6) is 0. The Labute approximate surface area is 99.1 Å². The van der Waals surface area contributed by atoms with Crippen LogP contribution in [0.25, 0.3) is 10.4 Å². The largest absolute Gasteiger partial charge is 0.417 e. The van der Waals surface area contributed by atoms with Crippen LogP contribution in [0.1, 0.15) is 11.3 Å². The average molecular weight is 259 g/mol. The van der Waals surface area contributed by atoms with E-state index in [1.807, 2.05) is 0 Å². The molecule has 2 aromatic heterocycles. The molecule has 0 unspecified atom stereocenters. The molecule has 0 saturated carbocycles. The van der Waals surface area contributed by atoms with Crippen molar-refractivity contribution in [2.24, 2.45) is 0 Å². The van der Waals surface area contributed by atoms with Crippen LogP contribution in [0, 0.1) is 6.92 Å². The van der Waals surface area contributed by atoms with E-state index < -0.39 is 11.7 Å². The second-order valence-electron chi connectivity index (χ2n) is 3.43. The molecule has 0 aromatic carbocycles. The van der Waals surface area contributed by atoms with Gasteiger partial charge >= 0.3 is 6.18 Å². The third-order valence-electron chi connectivity index (χ3n) is 2.14. The van der Waals surface area contributed by atoms with Crippen molar-refractivity contribution in [3.05, 3.63) is 29.7 Å². The quantitative estimate of drug-likeness (QED) is 0.856. The Morgan fingerprint density at radius 2 is 2.00 bits per heavy atom. The molecule has 0 radical (unpaired) electrons. The number of thiazole rings is 1. The summed E-state index contributed by atoms with van der Waals surface area (Å²) in [6, 6.07) is 1.05. The van der Waals surface area contributed by atoms with Gasteiger partial charge in [-0.15, -0.1) is 0 Å². The molecule has 0 bridgehead atoms. The van der Waals surface area contributed by atoms with Gasteiger partial charge in [0.05, 0.1) is 16.1 Å². The average Bonchev–Trinajstić information content (AvgIpc) is 2.57. The van der Waals surface area contributed by atoms with Gasteiger partial charge in [-0.2, -0.15) is 13.2 Å². The van der Waals surface area contributed by atoms with Crippen molar-refractivity contribution < 1.29 is 13.2 Å². The van der Waals surface area contributed by atoms with Gasteiger partial charge in [0.25, 0.3) is 0 Å². The normalized spacial score (nSPS) is 11.8. The summed E-state index contributed by atoms with van der Waals surface area (Å²) in [6.45, 7) is 1.70. The van der Waals surface area contributed by atoms with E-state index in [9.17, 15) is 13.2 Å². The number of halogens is 3. The number of pyridine rings is 1. The van der Waals surface area contributed by atoms with Gasteiger partial charge in [-0.3, -0.25) is 4.98 Å². The van der Waals surface area contributed by atoms with Crippen molar-refractivity contribution in [3.63, 3.8) is 0 Å². The molecular formula is C10H8F3N3S. The Balaban J connectivity index is 2.50. The molecule has 3 nitrogen and oxygen atoms in total. The van der Waals surface area contributed by atoms with E-state index in [0.717, 1.165) is 23.6 Å². The second-order valence-corrected chi connectivity index (χ2v) is 4.46. The molecule has 0 spiro atoms. The molecule has 90 valence electrons. The lowest BCUT2D eigenvalue weighted by molar-refractivity contribution is -0.137. The molecule has 17 heavy (non-hydrogen) atoms. The fourth-order valence-electron chi connectivity index (χ4n) is 1.40. The van der Waals surface area contributed by atoms with Crippen molar-refractivity contribution in [2.45, 2.75) is 13.1 Å². The lowest BCUT2D eigenvalue weighted by Gasteiger charge is -2.07. The molecule has 0 fully saturated rings. The summed E-state index contributed by atoms with van der Waals surface area (Å²) < 4.78 is 37.5. The van der Waals surface area contributed by atoms with Crippen molar-refractivity contribution in [3.8, 4) is 10.4 Å². The Morgan fingerprint density at radius 1 is 1.29 bits per heavy atom. The first-order chi connectivity index (χ1) is 7.88. The Morgan fingerprint density at radius 3 is 2.53 bits per heavy atom. The lowest BCUT2D eigenvalue weighted by Crippen LogP contribution is -2.05. The predicted octanol–water partition coefficient (Wildman–Crippen LogP) is 3.11. The molecule has 0 atom stereocenters. The molecule has 2 N–H and O–H groups in total. The van der Waals surface area contributed by atoms with Crippen LogP contribution in [-0.4, -0.2) is 9.97 Å². The molecular weight excluding hydrogens is 251 g/mol. The van der Waals surface area contributed by atoms with Crippen LogP contribution < -0.4 is 5.73 Å². The number of aryl methyl sites for hydroxylation is 1. The fourth-order valence-corrected chi connectivity index (χ4v) is 2.22. The molecule has 2 aromatic rings. The molecule has 2 rings (SSSR count). The van der Waals surface area contributed by atoms with E-state index in [-0.39, 0.29) is 0 Å². The summed E-state index contributed by atoms with van der Waals surface area (Å²) in [5, 5.41) is 0.329. The van der Waals surface area contributed by atoms with Crippen molar-refractivity contribution in [1.29, 1.82) is 0 Å². The molecule has 7 heteroatoms. The number of nitrogen functional groups attached to an aromatic ring is 1. The molecule has 0 saturated heterocycles. The van der Waals surface area contributed by atoms with Crippen LogP contribution in [0.5, 0.6) is 0 Å². The van der Waals surface area contributed by atoms with Crippen LogP contribution in [0.3, 0.4) is 0 Å². The highest BCUT2D eigenvalue weighted by atomic mass is 32.1. The minimum absolute atomic E-state index is 0.329. The monoisotopic (exact) mass is 259 g/mol. The minimum atomic E-state index is -4.40. The fraction of sp³-hybridized carbons (Fsp3) is 0.200. The molecule has 2 heterocycles. The minimum Gasteiger partial charge on any atom is -0.375 e. The summed E-state index contributed by atoms with van der Waals surface area (Å²) in [5.41, 5.74) is 5.72. The first-order valence-corrected chi connectivity index (χ1v) is 5.45. The van der Waals surface area contributed by atoms with E-state index in [1.165, 1.54) is 6.20 Å². The first-order valence-electron chi connectivity index (χ1n) is 4.63. The summed E-state index contributed by atoms with van der Waals surface area (Å²) in [7, 11) is 0. The maximum Gasteiger partial charge on any atom is 0.417 e. The highest BCUT2D eigenvalue weighted by Crippen LogP contribution is 2.35. The van der Waals surface area contributed by atoms with Gasteiger partial charge in [-0.25, -0.2) is 4.98 Å². The first kappa shape index (κ1) is 11.8. The Kier molecular flexibility index (Phi) is 2.78. The smallest absolute Gasteiger partial charge is 0.375 e. The molecule has 0 aliphatic carbocycles. The van der Waals surface area contributed by atoms with Gasteiger partial charge in [0.1, 0.15) is 0 Å². The van der Waals surface area contributed by atoms with E-state index in [2.05, 4.69) is 9.97 Å². The third kappa shape index (κ3) is 2.38. The number of nitrogens with zero attached hydrogens (tertiary/aromatic N) is 2. The Hall–Kier alpha value is -1.63. The number of alkyl halides is 3. The number of anilines is 1. The number of hydrogen-bond donors (Lipinski definition) is 1. The zero-order chi connectivity index (χ0) is 12.6. The highest BCUT2D eigenvalue weighted by Gasteiger charge is 2.31. The molecule has 0 aliphatic rings. The second kappa shape index (κ2) is 3.99. The Bertz CT molecular complexity index is 548. The number of hydrogen-bond acceptors (Lipinski definition) is 4. The number of aromatic nitrogens is 2. The van der Waals surface area contributed by atoms with Gasteiger partial charge in [-0.05, 0) is 13.0 Å². The van der Waals surface area contributed by atoms with Gasteiger partial charge in [-0.1, -0.05) is 11.3 Å². The van der Waals surface area contributed by atoms with Gasteiger partial charge in [0.2, 0.25) is 0 Å². The standard InChI is InChI=1S/C10H8F3N3S/c1-5-8(17-9(14)16-5)6-2-7(4-15-3-6)10(11,12)13/h2-4H,1H3,(H2,14,16). The maximum atomic E-state index is 12.5. The van der Waals surface area contributed by atoms with Gasteiger partial charge in [0, 0.05) is 18.0 Å². The van der Waals surface area contributed by atoms with E-state index in [0.29, 0.717) is 21.3 Å². The van der Waals surface area contributed by atoms with Crippen LogP contribution in [0.15, 0.2) is 18.5 Å². The van der Waals surface area contributed by atoms with Gasteiger partial charge in [0.15, 0.2) is 5.13 Å². The number of nitrogens with two attached hydrogens (primary N) is 1. The van der Waals surface area contributed by atoms with Crippen molar-refractivity contribution in [2.75, 3.05) is 5.73 Å². The summed E-state index contributed by atoms with van der Waals surface area (Å²) in [4.78, 5) is 8.17. The zero-order valence-electron chi connectivity index (χ0n) is 8.75. The van der Waals surface area contributed by atoms with Crippen molar-refractivity contribution >= 4 is 16.5 Å². The van der Waals surface area contributed by atoms with Crippen LogP contribution in [-0.2, 0) is 6.18 Å². The zero-order valence-corrected chi connectivity index (χ0v) is 9.56. The summed E-state index contributed by atoms with van der Waals surface area (Å²) in [6.07, 6.45) is -2.23. The maximum absolute atomic E-state index is 12.5. The number of rotatable bonds is 1. The summed E-state index contributed by atoms with van der Waals surface area (Å²) >= 11 is 1.15. The van der Waals surface area contributed by atoms with E-state index in [4.69, 9.17) is 5.73 Å². The van der Waals surface area contributed by atoms with Gasteiger partial charge < -0.3 is 5.73 Å². The van der Waals surface area contributed by atoms with Crippen LogP contribution in [0.2, 0.25) is 0 Å². The third-order valence-corrected chi connectivity index (χ3v) is 3.18. The lowest BCUT2D eigenvalue weighted by atomic mass is 10.1. The van der Waals surface area contributed by atoms with Crippen LogP contribution >= 0.6 is 11.3 Å². The van der Waals surface area contributed by atoms with E-state index in [1.54, 1.807) is 6.92 Å². The molecule has 0 amide bonds. The SMILES string of the molecule is Cc1nc(N)sc1-c1cncc(C(F)(F)F)c1. The topological polar surface area (TPSA) is 51.8 Å². The highest BCUT2D eigenvalue weighted by molar-refractivity contribution is 7.18. The van der Waals surface area contributed by atoms with Crippen LogP contribution in [0.4, 0.5) is 18.3 Å². The van der Waals surface area contributed by atoms with E-state index >= 15 is 0 Å². The van der Waals surface area contributed by atoms with Crippen molar-refractivity contribution in [1.82, 2.24) is 9.97 Å².